The highest BCUT2D eigenvalue weighted by molar-refractivity contribution is 5.82. The Morgan fingerprint density at radius 2 is 2.10 bits per heavy atom. The molecule has 2 N–H and O–H groups in total. The van der Waals surface area contributed by atoms with Gasteiger partial charge in [0.15, 0.2) is 0 Å². The van der Waals surface area contributed by atoms with Crippen LogP contribution in [0, 0.1) is 5.92 Å². The number of rotatable bonds is 7. The van der Waals surface area contributed by atoms with Gasteiger partial charge in [-0.3, -0.25) is 14.8 Å². The van der Waals surface area contributed by atoms with Crippen LogP contribution in [-0.2, 0) is 17.9 Å². The summed E-state index contributed by atoms with van der Waals surface area (Å²) < 4.78 is 1.95. The molecule has 0 amide bonds. The first-order valence-electron chi connectivity index (χ1n) is 7.43. The Morgan fingerprint density at radius 1 is 1.38 bits per heavy atom. The smallest absolute Gasteiger partial charge is 0.320 e. The number of nitrogens with one attached hydrogen (secondary N) is 1. The van der Waals surface area contributed by atoms with Crippen molar-refractivity contribution in [1.82, 2.24) is 15.1 Å². The predicted octanol–water partition coefficient (Wildman–Crippen LogP) is 2.65. The zero-order valence-corrected chi connectivity index (χ0v) is 12.8. The van der Waals surface area contributed by atoms with Crippen molar-refractivity contribution < 1.29 is 9.90 Å². The lowest BCUT2D eigenvalue weighted by Gasteiger charge is -2.15. The second-order valence-electron chi connectivity index (χ2n) is 5.68. The van der Waals surface area contributed by atoms with E-state index in [-0.39, 0.29) is 0 Å². The summed E-state index contributed by atoms with van der Waals surface area (Å²) in [6.45, 7) is 7.37. The second-order valence-corrected chi connectivity index (χ2v) is 5.68. The maximum atomic E-state index is 11.3. The molecule has 1 atom stereocenters. The minimum atomic E-state index is -0.803. The molecule has 0 aliphatic heterocycles. The number of para-hydroxylation sites is 1. The van der Waals surface area contributed by atoms with Crippen molar-refractivity contribution in [1.29, 1.82) is 0 Å². The normalized spacial score (nSPS) is 13.0. The topological polar surface area (TPSA) is 67.2 Å². The van der Waals surface area contributed by atoms with E-state index in [4.69, 9.17) is 0 Å². The third-order valence-corrected chi connectivity index (χ3v) is 3.56. The summed E-state index contributed by atoms with van der Waals surface area (Å²) in [6, 6.07) is 7.51. The summed E-state index contributed by atoms with van der Waals surface area (Å²) in [4.78, 5) is 11.3. The van der Waals surface area contributed by atoms with Crippen molar-refractivity contribution in [3.63, 3.8) is 0 Å². The quantitative estimate of drug-likeness (QED) is 0.822. The Kier molecular flexibility index (Phi) is 4.96. The molecule has 0 unspecified atom stereocenters. The van der Waals surface area contributed by atoms with E-state index >= 15 is 0 Å². The highest BCUT2D eigenvalue weighted by Crippen LogP contribution is 2.18. The number of fused-ring (bicyclic) bond motifs is 1. The molecule has 0 aliphatic rings. The molecule has 0 saturated carbocycles. The molecule has 2 rings (SSSR count). The molecule has 1 aromatic heterocycles. The van der Waals surface area contributed by atoms with E-state index < -0.39 is 12.0 Å². The van der Waals surface area contributed by atoms with Crippen LogP contribution >= 0.6 is 0 Å². The fourth-order valence-corrected chi connectivity index (χ4v) is 2.53. The Labute approximate surface area is 125 Å². The molecule has 1 aromatic carbocycles. The standard InChI is InChI=1S/C16H23N3O2/c1-4-19-15-8-6-5-7-12(15)14(18-19)10-17-13(16(20)21)9-11(2)3/h5-8,11,13,17H,4,9-10H2,1-3H3,(H,20,21)/t13-/m1/s1. The Morgan fingerprint density at radius 3 is 2.71 bits per heavy atom. The second kappa shape index (κ2) is 6.72. The van der Waals surface area contributed by atoms with E-state index in [2.05, 4.69) is 17.3 Å². The zero-order chi connectivity index (χ0) is 15.4. The van der Waals surface area contributed by atoms with Gasteiger partial charge in [0.2, 0.25) is 0 Å². The Bertz CT molecular complexity index is 619. The summed E-state index contributed by atoms with van der Waals surface area (Å²) in [5, 5.41) is 18.1. The average Bonchev–Trinajstić information content (AvgIpc) is 2.81. The fraction of sp³-hybridized carbons (Fsp3) is 0.500. The van der Waals surface area contributed by atoms with Crippen LogP contribution in [0.5, 0.6) is 0 Å². The predicted molar refractivity (Wildman–Crippen MR) is 83.1 cm³/mol. The molecule has 0 aliphatic carbocycles. The highest BCUT2D eigenvalue weighted by atomic mass is 16.4. The summed E-state index contributed by atoms with van der Waals surface area (Å²) in [6.07, 6.45) is 0.613. The summed E-state index contributed by atoms with van der Waals surface area (Å²) in [5.41, 5.74) is 2.00. The van der Waals surface area contributed by atoms with Crippen LogP contribution in [0.2, 0.25) is 0 Å². The van der Waals surface area contributed by atoms with Crippen LogP contribution < -0.4 is 5.32 Å². The van der Waals surface area contributed by atoms with Gasteiger partial charge in [-0.1, -0.05) is 32.0 Å². The number of benzene rings is 1. The number of carboxylic acid groups (broad SMARTS) is 1. The van der Waals surface area contributed by atoms with Crippen LogP contribution in [0.25, 0.3) is 10.9 Å². The van der Waals surface area contributed by atoms with Gasteiger partial charge in [0, 0.05) is 18.5 Å². The monoisotopic (exact) mass is 289 g/mol. The number of hydrogen-bond acceptors (Lipinski definition) is 3. The molecule has 5 nitrogen and oxygen atoms in total. The van der Waals surface area contributed by atoms with Crippen LogP contribution in [0.4, 0.5) is 0 Å². The first-order chi connectivity index (χ1) is 10.0. The molecule has 21 heavy (non-hydrogen) atoms. The van der Waals surface area contributed by atoms with Gasteiger partial charge in [-0.05, 0) is 25.3 Å². The van der Waals surface area contributed by atoms with E-state index in [9.17, 15) is 9.90 Å². The largest absolute Gasteiger partial charge is 0.480 e. The number of nitrogens with zero attached hydrogens (tertiary/aromatic N) is 2. The number of carboxylic acids is 1. The lowest BCUT2D eigenvalue weighted by Crippen LogP contribution is -2.37. The number of carbonyl (C=O) groups is 1. The first kappa shape index (κ1) is 15.5. The maximum absolute atomic E-state index is 11.3. The summed E-state index contributed by atoms with van der Waals surface area (Å²) in [7, 11) is 0. The molecule has 0 radical (unpaired) electrons. The van der Waals surface area contributed by atoms with Crippen molar-refractivity contribution in [3.05, 3.63) is 30.0 Å². The molecule has 114 valence electrons. The van der Waals surface area contributed by atoms with Crippen LogP contribution in [-0.4, -0.2) is 26.9 Å². The average molecular weight is 289 g/mol. The van der Waals surface area contributed by atoms with E-state index in [0.717, 1.165) is 23.1 Å². The van der Waals surface area contributed by atoms with Gasteiger partial charge in [0.05, 0.1) is 11.2 Å². The van der Waals surface area contributed by atoms with Gasteiger partial charge in [-0.15, -0.1) is 0 Å². The van der Waals surface area contributed by atoms with Gasteiger partial charge in [-0.2, -0.15) is 5.10 Å². The molecule has 0 fully saturated rings. The lowest BCUT2D eigenvalue weighted by molar-refractivity contribution is -0.140. The molecule has 1 heterocycles. The fourth-order valence-electron chi connectivity index (χ4n) is 2.53. The Hall–Kier alpha value is -1.88. The highest BCUT2D eigenvalue weighted by Gasteiger charge is 2.19. The number of aromatic nitrogens is 2. The summed E-state index contributed by atoms with van der Waals surface area (Å²) >= 11 is 0. The molecule has 0 spiro atoms. The van der Waals surface area contributed by atoms with E-state index in [1.165, 1.54) is 0 Å². The molecular formula is C16H23N3O2. The third-order valence-electron chi connectivity index (χ3n) is 3.56. The van der Waals surface area contributed by atoms with Gasteiger partial charge >= 0.3 is 5.97 Å². The summed E-state index contributed by atoms with van der Waals surface area (Å²) in [5.74, 6) is -0.466. The third kappa shape index (κ3) is 3.61. The van der Waals surface area contributed by atoms with Crippen molar-refractivity contribution in [2.24, 2.45) is 5.92 Å². The molecular weight excluding hydrogens is 266 g/mol. The van der Waals surface area contributed by atoms with E-state index in [1.807, 2.05) is 42.8 Å². The minimum absolute atomic E-state index is 0.337. The van der Waals surface area contributed by atoms with Crippen molar-refractivity contribution in [3.8, 4) is 0 Å². The zero-order valence-electron chi connectivity index (χ0n) is 12.8. The van der Waals surface area contributed by atoms with Gasteiger partial charge in [-0.25, -0.2) is 0 Å². The van der Waals surface area contributed by atoms with Crippen molar-refractivity contribution in [2.45, 2.75) is 46.3 Å². The van der Waals surface area contributed by atoms with Gasteiger partial charge in [0.25, 0.3) is 0 Å². The van der Waals surface area contributed by atoms with E-state index in [1.54, 1.807) is 0 Å². The molecule has 5 heteroatoms. The van der Waals surface area contributed by atoms with Gasteiger partial charge < -0.3 is 5.11 Å². The number of hydrogen-bond donors (Lipinski definition) is 2. The number of aliphatic carboxylic acids is 1. The van der Waals surface area contributed by atoms with Crippen LogP contribution in [0.3, 0.4) is 0 Å². The first-order valence-corrected chi connectivity index (χ1v) is 7.43. The molecule has 2 aromatic rings. The van der Waals surface area contributed by atoms with Gasteiger partial charge in [0.1, 0.15) is 6.04 Å². The van der Waals surface area contributed by atoms with Crippen molar-refractivity contribution in [2.75, 3.05) is 0 Å². The number of aryl methyl sites for hydroxylation is 1. The lowest BCUT2D eigenvalue weighted by atomic mass is 10.0. The van der Waals surface area contributed by atoms with Crippen LogP contribution in [0.15, 0.2) is 24.3 Å². The SMILES string of the molecule is CCn1nc(CN[C@H](CC(C)C)C(=O)O)c2ccccc21. The van der Waals surface area contributed by atoms with E-state index in [0.29, 0.717) is 18.9 Å². The van der Waals surface area contributed by atoms with Crippen LogP contribution in [0.1, 0.15) is 32.9 Å². The Balaban J connectivity index is 2.17. The van der Waals surface area contributed by atoms with Crippen molar-refractivity contribution >= 4 is 16.9 Å². The maximum Gasteiger partial charge on any atom is 0.320 e. The molecule has 0 bridgehead atoms. The molecule has 0 saturated heterocycles. The minimum Gasteiger partial charge on any atom is -0.480 e.